The summed E-state index contributed by atoms with van der Waals surface area (Å²) in [5.74, 6) is -0.233. The first-order valence-corrected chi connectivity index (χ1v) is 6.34. The van der Waals surface area contributed by atoms with Crippen molar-refractivity contribution in [2.24, 2.45) is 5.73 Å². The summed E-state index contributed by atoms with van der Waals surface area (Å²) in [4.78, 5) is 25.0. The van der Waals surface area contributed by atoms with Gasteiger partial charge in [0.15, 0.2) is 0 Å². The van der Waals surface area contributed by atoms with Gasteiger partial charge >= 0.3 is 6.03 Å². The summed E-state index contributed by atoms with van der Waals surface area (Å²) in [7, 11) is 0. The lowest BCUT2D eigenvalue weighted by atomic mass is 10.1. The minimum absolute atomic E-state index is 0.207. The maximum Gasteiger partial charge on any atom is 0.322 e. The maximum atomic E-state index is 11.8. The van der Waals surface area contributed by atoms with Gasteiger partial charge in [-0.05, 0) is 18.2 Å². The second-order valence-corrected chi connectivity index (χ2v) is 4.50. The van der Waals surface area contributed by atoms with Crippen LogP contribution < -0.4 is 21.3 Å². The fourth-order valence-electron chi connectivity index (χ4n) is 1.85. The maximum absolute atomic E-state index is 11.8. The van der Waals surface area contributed by atoms with Crippen LogP contribution >= 0.6 is 11.6 Å². The van der Waals surface area contributed by atoms with Crippen molar-refractivity contribution in [3.8, 4) is 0 Å². The van der Waals surface area contributed by atoms with Crippen LogP contribution in [0.1, 0.15) is 10.4 Å². The third-order valence-electron chi connectivity index (χ3n) is 2.79. The molecule has 1 aliphatic heterocycles. The van der Waals surface area contributed by atoms with Crippen molar-refractivity contribution in [1.82, 2.24) is 10.6 Å². The van der Waals surface area contributed by atoms with E-state index in [4.69, 9.17) is 17.3 Å². The topological polar surface area (TPSA) is 87.5 Å². The number of halogens is 1. The first-order chi connectivity index (χ1) is 9.13. The van der Waals surface area contributed by atoms with Gasteiger partial charge in [0.1, 0.15) is 0 Å². The number of anilines is 1. The van der Waals surface area contributed by atoms with E-state index in [1.165, 1.54) is 4.90 Å². The van der Waals surface area contributed by atoms with Gasteiger partial charge in [-0.1, -0.05) is 11.6 Å². The van der Waals surface area contributed by atoms with Gasteiger partial charge in [0.2, 0.25) is 0 Å². The minimum Gasteiger partial charge on any atom is -0.351 e. The van der Waals surface area contributed by atoms with Crippen LogP contribution in [0.2, 0.25) is 5.02 Å². The molecule has 1 aromatic carbocycles. The number of nitrogens with zero attached hydrogens (tertiary/aromatic N) is 1. The summed E-state index contributed by atoms with van der Waals surface area (Å²) in [5.41, 5.74) is 6.32. The Balaban J connectivity index is 2.24. The summed E-state index contributed by atoms with van der Waals surface area (Å²) in [6, 6.07) is 4.63. The first kappa shape index (κ1) is 13.6. The summed E-state index contributed by atoms with van der Waals surface area (Å²) >= 11 is 6.08. The molecule has 0 radical (unpaired) electrons. The Morgan fingerprint density at radius 2 is 2.32 bits per heavy atom. The van der Waals surface area contributed by atoms with E-state index in [0.29, 0.717) is 42.5 Å². The lowest BCUT2D eigenvalue weighted by molar-refractivity contribution is 0.0954. The number of carbonyl (C=O) groups is 2. The molecule has 0 spiro atoms. The van der Waals surface area contributed by atoms with E-state index in [0.717, 1.165) is 0 Å². The van der Waals surface area contributed by atoms with Crippen molar-refractivity contribution in [1.29, 1.82) is 0 Å². The number of rotatable bonds is 4. The zero-order valence-corrected chi connectivity index (χ0v) is 11.0. The van der Waals surface area contributed by atoms with E-state index < -0.39 is 0 Å². The van der Waals surface area contributed by atoms with Crippen molar-refractivity contribution in [2.75, 3.05) is 31.1 Å². The fraction of sp³-hybridized carbons (Fsp3) is 0.333. The van der Waals surface area contributed by atoms with E-state index in [1.807, 2.05) is 0 Å². The molecule has 1 fully saturated rings. The second kappa shape index (κ2) is 5.90. The van der Waals surface area contributed by atoms with Gasteiger partial charge in [-0.15, -0.1) is 0 Å². The minimum atomic E-state index is -0.233. The highest BCUT2D eigenvalue weighted by atomic mass is 35.5. The Morgan fingerprint density at radius 3 is 2.95 bits per heavy atom. The van der Waals surface area contributed by atoms with E-state index in [2.05, 4.69) is 10.6 Å². The van der Waals surface area contributed by atoms with Crippen molar-refractivity contribution in [2.45, 2.75) is 0 Å². The van der Waals surface area contributed by atoms with Crippen LogP contribution in [0.3, 0.4) is 0 Å². The first-order valence-electron chi connectivity index (χ1n) is 5.96. The zero-order valence-electron chi connectivity index (χ0n) is 10.3. The highest BCUT2D eigenvalue weighted by Gasteiger charge is 2.24. The van der Waals surface area contributed by atoms with E-state index in [-0.39, 0.29) is 11.9 Å². The van der Waals surface area contributed by atoms with Crippen molar-refractivity contribution >= 4 is 29.2 Å². The number of benzene rings is 1. The average Bonchev–Trinajstić information content (AvgIpc) is 2.82. The van der Waals surface area contributed by atoms with E-state index >= 15 is 0 Å². The average molecular weight is 283 g/mol. The zero-order chi connectivity index (χ0) is 13.8. The summed E-state index contributed by atoms with van der Waals surface area (Å²) in [5, 5.41) is 5.80. The van der Waals surface area contributed by atoms with Crippen LogP contribution in [0.15, 0.2) is 18.2 Å². The van der Waals surface area contributed by atoms with Crippen LogP contribution in [-0.4, -0.2) is 38.1 Å². The number of nitrogens with one attached hydrogen (secondary N) is 2. The summed E-state index contributed by atoms with van der Waals surface area (Å²) in [6.07, 6.45) is 0. The fourth-order valence-corrected chi connectivity index (χ4v) is 2.07. The highest BCUT2D eigenvalue weighted by Crippen LogP contribution is 2.28. The Bertz CT molecular complexity index is 507. The van der Waals surface area contributed by atoms with Gasteiger partial charge in [0.25, 0.3) is 5.91 Å². The molecule has 19 heavy (non-hydrogen) atoms. The molecule has 1 aliphatic rings. The Hall–Kier alpha value is -1.79. The predicted octanol–water partition coefficient (Wildman–Crippen LogP) is 0.558. The Morgan fingerprint density at radius 1 is 1.53 bits per heavy atom. The van der Waals surface area contributed by atoms with Crippen LogP contribution in [0.5, 0.6) is 0 Å². The normalized spacial score (nSPS) is 14.4. The van der Waals surface area contributed by atoms with Gasteiger partial charge in [0, 0.05) is 31.7 Å². The van der Waals surface area contributed by atoms with Gasteiger partial charge < -0.3 is 16.4 Å². The Kier molecular flexibility index (Phi) is 4.24. The molecule has 4 N–H and O–H groups in total. The third kappa shape index (κ3) is 2.97. The number of hydrogen-bond donors (Lipinski definition) is 3. The third-order valence-corrected chi connectivity index (χ3v) is 3.11. The molecule has 1 heterocycles. The molecule has 0 atom stereocenters. The van der Waals surface area contributed by atoms with E-state index in [9.17, 15) is 9.59 Å². The van der Waals surface area contributed by atoms with Crippen LogP contribution in [0, 0.1) is 0 Å². The molecule has 7 heteroatoms. The monoisotopic (exact) mass is 282 g/mol. The van der Waals surface area contributed by atoms with Crippen molar-refractivity contribution in [3.05, 3.63) is 28.8 Å². The molecular formula is C12H15ClN4O2. The van der Waals surface area contributed by atoms with Crippen molar-refractivity contribution in [3.63, 3.8) is 0 Å². The van der Waals surface area contributed by atoms with Gasteiger partial charge in [0.05, 0.1) is 10.7 Å². The second-order valence-electron chi connectivity index (χ2n) is 4.09. The number of amides is 3. The van der Waals surface area contributed by atoms with Crippen molar-refractivity contribution < 1.29 is 9.59 Å². The van der Waals surface area contributed by atoms with Crippen LogP contribution in [0.4, 0.5) is 10.5 Å². The highest BCUT2D eigenvalue weighted by molar-refractivity contribution is 6.34. The smallest absolute Gasteiger partial charge is 0.322 e. The molecule has 102 valence electrons. The van der Waals surface area contributed by atoms with E-state index in [1.54, 1.807) is 18.2 Å². The molecule has 2 rings (SSSR count). The number of carbonyl (C=O) groups excluding carboxylic acids is 2. The predicted molar refractivity (Wildman–Crippen MR) is 73.6 cm³/mol. The van der Waals surface area contributed by atoms with Crippen LogP contribution in [0.25, 0.3) is 0 Å². The molecule has 3 amide bonds. The number of hydrogen-bond acceptors (Lipinski definition) is 3. The number of nitrogens with two attached hydrogens (primary N) is 1. The largest absolute Gasteiger partial charge is 0.351 e. The van der Waals surface area contributed by atoms with Gasteiger partial charge in [-0.25, -0.2) is 4.79 Å². The molecule has 0 aliphatic carbocycles. The lowest BCUT2D eigenvalue weighted by Crippen LogP contribution is -2.30. The lowest BCUT2D eigenvalue weighted by Gasteiger charge is -2.17. The SMILES string of the molecule is NCCNC(=O)c1ccc(Cl)c(N2CCNC2=O)c1. The summed E-state index contributed by atoms with van der Waals surface area (Å²) < 4.78 is 0. The molecule has 0 unspecified atom stereocenters. The molecule has 0 aromatic heterocycles. The number of urea groups is 1. The molecule has 1 aromatic rings. The molecule has 0 saturated carbocycles. The van der Waals surface area contributed by atoms with Crippen LogP contribution in [-0.2, 0) is 0 Å². The van der Waals surface area contributed by atoms with Gasteiger partial charge in [-0.3, -0.25) is 9.69 Å². The standard InChI is InChI=1S/C12H15ClN4O2/c13-9-2-1-8(11(18)15-4-3-14)7-10(9)17-6-5-16-12(17)19/h1-2,7H,3-6,14H2,(H,15,18)(H,16,19). The molecule has 0 bridgehead atoms. The molecule has 1 saturated heterocycles. The van der Waals surface area contributed by atoms with Gasteiger partial charge in [-0.2, -0.15) is 0 Å². The molecule has 6 nitrogen and oxygen atoms in total. The summed E-state index contributed by atoms with van der Waals surface area (Å²) in [6.45, 7) is 1.88. The quantitative estimate of drug-likeness (QED) is 0.754. The Labute approximate surface area is 115 Å². The molecular weight excluding hydrogens is 268 g/mol.